The molecule has 0 aliphatic rings. The predicted octanol–water partition coefficient (Wildman–Crippen LogP) is 1.56. The molecule has 2 aromatic rings. The first-order valence-corrected chi connectivity index (χ1v) is 7.31. The highest BCUT2D eigenvalue weighted by atomic mass is 32.2. The topological polar surface area (TPSA) is 96.9 Å². The third-order valence-electron chi connectivity index (χ3n) is 2.85. The predicted molar refractivity (Wildman–Crippen MR) is 79.8 cm³/mol. The SMILES string of the molecule is CC(C)n1c(SCC(O)c2cccc(N)c2)n[nH]c1=O. The van der Waals surface area contributed by atoms with Gasteiger partial charge < -0.3 is 10.8 Å². The second kappa shape index (κ2) is 6.15. The Bertz CT molecular complexity index is 635. The van der Waals surface area contributed by atoms with Crippen LogP contribution in [0.3, 0.4) is 0 Å². The third-order valence-corrected chi connectivity index (χ3v) is 3.88. The fourth-order valence-corrected chi connectivity index (χ4v) is 2.91. The summed E-state index contributed by atoms with van der Waals surface area (Å²) in [5.41, 5.74) is 6.83. The van der Waals surface area contributed by atoms with Gasteiger partial charge >= 0.3 is 5.69 Å². The molecule has 6 nitrogen and oxygen atoms in total. The molecule has 1 atom stereocenters. The molecule has 0 spiro atoms. The Kier molecular flexibility index (Phi) is 4.51. The van der Waals surface area contributed by atoms with Crippen LogP contribution in [-0.2, 0) is 0 Å². The molecule has 4 N–H and O–H groups in total. The lowest BCUT2D eigenvalue weighted by atomic mass is 10.1. The molecule has 0 radical (unpaired) electrons. The molecule has 0 bridgehead atoms. The standard InChI is InChI=1S/C13H18N4O2S/c1-8(2)17-12(19)15-16-13(17)20-7-11(18)9-4-3-5-10(14)6-9/h3-6,8,11,18H,7,14H2,1-2H3,(H,15,19). The van der Waals surface area contributed by atoms with Crippen molar-refractivity contribution in [2.45, 2.75) is 31.1 Å². The lowest BCUT2D eigenvalue weighted by Crippen LogP contribution is -2.19. The van der Waals surface area contributed by atoms with Gasteiger partial charge in [0.05, 0.1) is 6.10 Å². The van der Waals surface area contributed by atoms with Crippen LogP contribution >= 0.6 is 11.8 Å². The van der Waals surface area contributed by atoms with Crippen molar-refractivity contribution in [2.75, 3.05) is 11.5 Å². The van der Waals surface area contributed by atoms with Crippen molar-refractivity contribution in [2.24, 2.45) is 0 Å². The van der Waals surface area contributed by atoms with Crippen LogP contribution in [0.5, 0.6) is 0 Å². The van der Waals surface area contributed by atoms with E-state index < -0.39 is 6.10 Å². The van der Waals surface area contributed by atoms with Gasteiger partial charge in [0.1, 0.15) is 0 Å². The van der Waals surface area contributed by atoms with Crippen LogP contribution in [0.25, 0.3) is 0 Å². The number of anilines is 1. The molecule has 1 aromatic carbocycles. The zero-order chi connectivity index (χ0) is 14.7. The van der Waals surface area contributed by atoms with Gasteiger partial charge in [-0.3, -0.25) is 4.57 Å². The second-order valence-corrected chi connectivity index (χ2v) is 5.76. The van der Waals surface area contributed by atoms with Crippen LogP contribution < -0.4 is 11.4 Å². The summed E-state index contributed by atoms with van der Waals surface area (Å²) in [5, 5.41) is 17.1. The quantitative estimate of drug-likeness (QED) is 0.574. The van der Waals surface area contributed by atoms with Crippen molar-refractivity contribution in [1.29, 1.82) is 0 Å². The lowest BCUT2D eigenvalue weighted by molar-refractivity contribution is 0.204. The van der Waals surface area contributed by atoms with Crippen LogP contribution in [0.2, 0.25) is 0 Å². The molecule has 1 unspecified atom stereocenters. The van der Waals surface area contributed by atoms with Crippen molar-refractivity contribution in [1.82, 2.24) is 14.8 Å². The molecule has 0 aliphatic carbocycles. The van der Waals surface area contributed by atoms with E-state index in [0.29, 0.717) is 16.6 Å². The number of rotatable bonds is 5. The number of aromatic amines is 1. The van der Waals surface area contributed by atoms with Crippen LogP contribution in [0.1, 0.15) is 31.6 Å². The number of nitrogens with one attached hydrogen (secondary N) is 1. The smallest absolute Gasteiger partial charge is 0.344 e. The maximum absolute atomic E-state index is 11.6. The molecule has 1 heterocycles. The number of H-pyrrole nitrogens is 1. The van der Waals surface area contributed by atoms with Crippen LogP contribution in [0, 0.1) is 0 Å². The van der Waals surface area contributed by atoms with E-state index in [1.165, 1.54) is 11.8 Å². The van der Waals surface area contributed by atoms with E-state index in [4.69, 9.17) is 5.73 Å². The summed E-state index contributed by atoms with van der Waals surface area (Å²) in [5.74, 6) is 0.403. The van der Waals surface area contributed by atoms with Gasteiger partial charge in [-0.05, 0) is 31.5 Å². The maximum atomic E-state index is 11.6. The zero-order valence-corrected chi connectivity index (χ0v) is 12.2. The Morgan fingerprint density at radius 2 is 2.25 bits per heavy atom. The maximum Gasteiger partial charge on any atom is 0.344 e. The molecule has 0 saturated carbocycles. The van der Waals surface area contributed by atoms with E-state index in [1.54, 1.807) is 22.8 Å². The molecule has 20 heavy (non-hydrogen) atoms. The zero-order valence-electron chi connectivity index (χ0n) is 11.4. The summed E-state index contributed by atoms with van der Waals surface area (Å²) in [4.78, 5) is 11.6. The Balaban J connectivity index is 2.07. The van der Waals surface area contributed by atoms with Crippen molar-refractivity contribution >= 4 is 17.4 Å². The molecule has 7 heteroatoms. The fraction of sp³-hybridized carbons (Fsp3) is 0.385. The molecular formula is C13H18N4O2S. The average Bonchev–Trinajstić information content (AvgIpc) is 2.77. The lowest BCUT2D eigenvalue weighted by Gasteiger charge is -2.12. The molecule has 108 valence electrons. The summed E-state index contributed by atoms with van der Waals surface area (Å²) in [7, 11) is 0. The third kappa shape index (κ3) is 3.23. The number of nitrogens with two attached hydrogens (primary N) is 1. The number of aliphatic hydroxyl groups excluding tert-OH is 1. The number of aromatic nitrogens is 3. The minimum Gasteiger partial charge on any atom is -0.399 e. The van der Waals surface area contributed by atoms with Crippen LogP contribution in [-0.4, -0.2) is 25.6 Å². The van der Waals surface area contributed by atoms with E-state index in [-0.39, 0.29) is 11.7 Å². The molecular weight excluding hydrogens is 276 g/mol. The first-order valence-electron chi connectivity index (χ1n) is 6.32. The molecule has 0 fully saturated rings. The second-order valence-electron chi connectivity index (χ2n) is 4.77. The molecule has 0 aliphatic heterocycles. The largest absolute Gasteiger partial charge is 0.399 e. The van der Waals surface area contributed by atoms with Gasteiger partial charge in [0.15, 0.2) is 5.16 Å². The average molecular weight is 294 g/mol. The Morgan fingerprint density at radius 3 is 2.90 bits per heavy atom. The summed E-state index contributed by atoms with van der Waals surface area (Å²) in [6, 6.07) is 7.16. The number of hydrogen-bond donors (Lipinski definition) is 3. The van der Waals surface area contributed by atoms with E-state index >= 15 is 0 Å². The number of aliphatic hydroxyl groups is 1. The normalized spacial score (nSPS) is 12.8. The summed E-state index contributed by atoms with van der Waals surface area (Å²) < 4.78 is 1.57. The number of benzene rings is 1. The van der Waals surface area contributed by atoms with E-state index in [2.05, 4.69) is 10.2 Å². The monoisotopic (exact) mass is 294 g/mol. The van der Waals surface area contributed by atoms with E-state index in [9.17, 15) is 9.90 Å². The van der Waals surface area contributed by atoms with Gasteiger partial charge in [0.2, 0.25) is 0 Å². The highest BCUT2D eigenvalue weighted by Crippen LogP contribution is 2.24. The van der Waals surface area contributed by atoms with Gasteiger partial charge in [0.25, 0.3) is 0 Å². The summed E-state index contributed by atoms with van der Waals surface area (Å²) in [6.07, 6.45) is -0.657. The number of nitrogens with zero attached hydrogens (tertiary/aromatic N) is 2. The fourth-order valence-electron chi connectivity index (χ4n) is 1.86. The minimum atomic E-state index is -0.657. The highest BCUT2D eigenvalue weighted by Gasteiger charge is 2.15. The van der Waals surface area contributed by atoms with E-state index in [1.807, 2.05) is 19.9 Å². The van der Waals surface area contributed by atoms with Crippen molar-refractivity contribution in [3.63, 3.8) is 0 Å². The van der Waals surface area contributed by atoms with Crippen molar-refractivity contribution < 1.29 is 5.11 Å². The minimum absolute atomic E-state index is 0.0215. The van der Waals surface area contributed by atoms with Crippen molar-refractivity contribution in [3.8, 4) is 0 Å². The number of nitrogen functional groups attached to an aromatic ring is 1. The molecule has 1 aromatic heterocycles. The number of hydrogen-bond acceptors (Lipinski definition) is 5. The van der Waals surface area contributed by atoms with Crippen LogP contribution in [0.4, 0.5) is 5.69 Å². The van der Waals surface area contributed by atoms with E-state index in [0.717, 1.165) is 5.56 Å². The Morgan fingerprint density at radius 1 is 1.50 bits per heavy atom. The summed E-state index contributed by atoms with van der Waals surface area (Å²) in [6.45, 7) is 3.82. The van der Waals surface area contributed by atoms with Gasteiger partial charge in [0, 0.05) is 17.5 Å². The van der Waals surface area contributed by atoms with Gasteiger partial charge in [-0.2, -0.15) is 0 Å². The first-order chi connectivity index (χ1) is 9.49. The molecule has 0 saturated heterocycles. The summed E-state index contributed by atoms with van der Waals surface area (Å²) >= 11 is 1.33. The Labute approximate surface area is 121 Å². The van der Waals surface area contributed by atoms with Crippen LogP contribution in [0.15, 0.2) is 34.2 Å². The highest BCUT2D eigenvalue weighted by molar-refractivity contribution is 7.99. The van der Waals surface area contributed by atoms with Gasteiger partial charge in [-0.25, -0.2) is 9.89 Å². The molecule has 0 amide bonds. The first kappa shape index (κ1) is 14.7. The molecule has 2 rings (SSSR count). The van der Waals surface area contributed by atoms with Gasteiger partial charge in [-0.15, -0.1) is 5.10 Å². The number of thioether (sulfide) groups is 1. The Hall–Kier alpha value is -1.73. The van der Waals surface area contributed by atoms with Crippen molar-refractivity contribution in [3.05, 3.63) is 40.3 Å². The van der Waals surface area contributed by atoms with Gasteiger partial charge in [-0.1, -0.05) is 23.9 Å².